The maximum absolute atomic E-state index is 15.3. The zero-order valence-electron chi connectivity index (χ0n) is 25.8. The number of aromatic nitrogens is 1. The van der Waals surface area contributed by atoms with Crippen LogP contribution in [-0.4, -0.2) is 94.4 Å². The molecule has 1 spiro atoms. The molecule has 4 amide bonds. The third-order valence-corrected chi connectivity index (χ3v) is 9.24. The van der Waals surface area contributed by atoms with Crippen molar-refractivity contribution in [2.45, 2.75) is 76.1 Å². The number of carbonyl (C=O) groups excluding carboxylic acids is 4. The number of hydrogen-bond donors (Lipinski definition) is 2. The van der Waals surface area contributed by atoms with Crippen molar-refractivity contribution in [3.05, 3.63) is 18.3 Å². The van der Waals surface area contributed by atoms with E-state index in [-0.39, 0.29) is 43.9 Å². The summed E-state index contributed by atoms with van der Waals surface area (Å²) in [6.45, 7) is 2.34. The van der Waals surface area contributed by atoms with Gasteiger partial charge < -0.3 is 29.9 Å². The van der Waals surface area contributed by atoms with Crippen molar-refractivity contribution in [2.24, 2.45) is 23.2 Å². The molecule has 12 nitrogen and oxygen atoms in total. The summed E-state index contributed by atoms with van der Waals surface area (Å²) in [7, 11) is 0. The van der Waals surface area contributed by atoms with Gasteiger partial charge in [0.15, 0.2) is 18.2 Å². The third-order valence-electron chi connectivity index (χ3n) is 9.24. The predicted molar refractivity (Wildman–Crippen MR) is 155 cm³/mol. The van der Waals surface area contributed by atoms with E-state index in [0.29, 0.717) is 0 Å². The number of nitriles is 1. The number of halogens is 4. The first-order chi connectivity index (χ1) is 22.0. The number of pyridine rings is 1. The number of ether oxygens (including phenoxy) is 2. The monoisotopic (exact) mass is 662 g/mol. The van der Waals surface area contributed by atoms with E-state index in [9.17, 15) is 37.6 Å². The highest BCUT2D eigenvalue weighted by Crippen LogP contribution is 2.47. The number of alkyl halides is 4. The molecular formula is C31H34F4N6O6. The molecule has 4 heterocycles. The molecule has 5 rings (SSSR count). The Kier molecular flexibility index (Phi) is 8.77. The van der Waals surface area contributed by atoms with Crippen LogP contribution in [0.2, 0.25) is 0 Å². The molecule has 0 bridgehead atoms. The minimum atomic E-state index is -4.81. The van der Waals surface area contributed by atoms with Gasteiger partial charge in [-0.25, -0.2) is 14.2 Å². The second-order valence-electron chi connectivity index (χ2n) is 13.4. The van der Waals surface area contributed by atoms with E-state index in [1.54, 1.807) is 32.9 Å². The van der Waals surface area contributed by atoms with Crippen LogP contribution < -0.4 is 15.4 Å². The molecule has 1 aromatic rings. The van der Waals surface area contributed by atoms with Crippen LogP contribution in [0.3, 0.4) is 0 Å². The Morgan fingerprint density at radius 2 is 2.00 bits per heavy atom. The first-order valence-corrected chi connectivity index (χ1v) is 15.1. The van der Waals surface area contributed by atoms with E-state index in [4.69, 9.17) is 11.2 Å². The summed E-state index contributed by atoms with van der Waals surface area (Å²) in [6, 6.07) is 1.10. The standard InChI is InChI=1S/C31H34F4N6O6/c1-5-18-19(32)9-8-16-13-40(26(43)23(29(2,3)4)38-28(45)46-15-31(33,34)35)22(21(16)18)25(42)41-14-30(11-17(41)12-36)27(44)39-24-20(47-30)7-6-10-37-24/h1,6-7,10,16-19,21-23H,8-9,11,13-15H2,2-4H3,(H,38,45)(H,37,39,44)/t16-,17-,18+,19+,21+,22-,23+,30+/m0/s1. The van der Waals surface area contributed by atoms with E-state index in [2.05, 4.69) is 26.3 Å². The van der Waals surface area contributed by atoms with Crippen LogP contribution in [0.4, 0.5) is 28.2 Å². The van der Waals surface area contributed by atoms with Crippen molar-refractivity contribution in [3.8, 4) is 24.2 Å². The van der Waals surface area contributed by atoms with Gasteiger partial charge in [-0.15, -0.1) is 6.42 Å². The smallest absolute Gasteiger partial charge is 0.422 e. The maximum atomic E-state index is 15.3. The fraction of sp³-hybridized carbons (Fsp3) is 0.613. The third kappa shape index (κ3) is 6.38. The van der Waals surface area contributed by atoms with E-state index < -0.39 is 89.7 Å². The van der Waals surface area contributed by atoms with Crippen molar-refractivity contribution in [1.82, 2.24) is 20.1 Å². The largest absolute Gasteiger partial charge is 0.472 e. The number of terminal acetylenes is 1. The van der Waals surface area contributed by atoms with Crippen molar-refractivity contribution < 1.29 is 46.2 Å². The Balaban J connectivity index is 1.49. The number of nitrogens with one attached hydrogen (secondary N) is 2. The molecule has 252 valence electrons. The normalized spacial score (nSPS) is 30.6. The van der Waals surface area contributed by atoms with Crippen molar-refractivity contribution in [2.75, 3.05) is 25.0 Å². The molecule has 1 aliphatic carbocycles. The first-order valence-electron chi connectivity index (χ1n) is 15.1. The van der Waals surface area contributed by atoms with Crippen LogP contribution >= 0.6 is 0 Å². The average molecular weight is 663 g/mol. The van der Waals surface area contributed by atoms with Gasteiger partial charge >= 0.3 is 12.3 Å². The number of likely N-dealkylation sites (tertiary alicyclic amines) is 2. The predicted octanol–water partition coefficient (Wildman–Crippen LogP) is 2.80. The zero-order chi connectivity index (χ0) is 34.5. The molecule has 2 N–H and O–H groups in total. The number of rotatable bonds is 4. The number of fused-ring (bicyclic) bond motifs is 2. The SMILES string of the molecule is C#C[C@H]1[C@H]2[C@@H](CC[C@H]1F)CN(C(=O)[C@@H](NC(=O)OCC(F)(F)F)C(C)(C)C)[C@@H]2C(=O)N1C[C@@]2(C[C@H]1C#N)Oc1cccnc1NC2=O. The van der Waals surface area contributed by atoms with E-state index in [1.165, 1.54) is 11.1 Å². The number of hydrogen-bond acceptors (Lipinski definition) is 8. The molecule has 0 radical (unpaired) electrons. The van der Waals surface area contributed by atoms with Crippen LogP contribution in [0.15, 0.2) is 18.3 Å². The summed E-state index contributed by atoms with van der Waals surface area (Å²) in [5, 5.41) is 15.0. The van der Waals surface area contributed by atoms with E-state index >= 15 is 4.39 Å². The lowest BCUT2D eigenvalue weighted by Crippen LogP contribution is -2.60. The average Bonchev–Trinajstić information content (AvgIpc) is 3.57. The fourth-order valence-electron chi connectivity index (χ4n) is 7.06. The highest BCUT2D eigenvalue weighted by molar-refractivity contribution is 6.01. The van der Waals surface area contributed by atoms with E-state index in [0.717, 1.165) is 4.90 Å². The van der Waals surface area contributed by atoms with Crippen LogP contribution in [0.1, 0.15) is 40.0 Å². The molecule has 2 saturated heterocycles. The minimum absolute atomic E-state index is 0.0666. The van der Waals surface area contributed by atoms with Crippen molar-refractivity contribution in [3.63, 3.8) is 0 Å². The Bertz CT molecular complexity index is 1540. The fourth-order valence-corrected chi connectivity index (χ4v) is 7.06. The Labute approximate surface area is 268 Å². The molecule has 8 atom stereocenters. The van der Waals surface area contributed by atoms with Gasteiger partial charge in [0, 0.05) is 25.1 Å². The van der Waals surface area contributed by atoms with Gasteiger partial charge in [-0.2, -0.15) is 18.4 Å². The molecule has 3 fully saturated rings. The van der Waals surface area contributed by atoms with Gasteiger partial charge in [0.05, 0.1) is 18.5 Å². The second-order valence-corrected chi connectivity index (χ2v) is 13.4. The molecule has 16 heteroatoms. The summed E-state index contributed by atoms with van der Waals surface area (Å²) < 4.78 is 63.8. The van der Waals surface area contributed by atoms with Crippen molar-refractivity contribution in [1.29, 1.82) is 5.26 Å². The topological polar surface area (TPSA) is 154 Å². The van der Waals surface area contributed by atoms with Crippen LogP contribution in [-0.2, 0) is 19.1 Å². The highest BCUT2D eigenvalue weighted by Gasteiger charge is 2.61. The molecule has 47 heavy (non-hydrogen) atoms. The van der Waals surface area contributed by atoms with Gasteiger partial charge in [0.1, 0.15) is 24.3 Å². The lowest BCUT2D eigenvalue weighted by Gasteiger charge is -2.39. The summed E-state index contributed by atoms with van der Waals surface area (Å²) >= 11 is 0. The first kappa shape index (κ1) is 33.8. The Morgan fingerprint density at radius 3 is 2.64 bits per heavy atom. The van der Waals surface area contributed by atoms with Crippen LogP contribution in [0.25, 0.3) is 0 Å². The summed E-state index contributed by atoms with van der Waals surface area (Å²) in [4.78, 5) is 60.9. The molecular weight excluding hydrogens is 628 g/mol. The van der Waals surface area contributed by atoms with Gasteiger partial charge in [0.2, 0.25) is 17.4 Å². The molecule has 4 aliphatic rings. The summed E-state index contributed by atoms with van der Waals surface area (Å²) in [6.07, 6.45) is -0.444. The van der Waals surface area contributed by atoms with Gasteiger partial charge in [-0.1, -0.05) is 26.7 Å². The maximum Gasteiger partial charge on any atom is 0.422 e. The van der Waals surface area contributed by atoms with Crippen LogP contribution in [0, 0.1) is 46.8 Å². The molecule has 1 saturated carbocycles. The molecule has 1 aromatic heterocycles. The van der Waals surface area contributed by atoms with Crippen LogP contribution in [0.5, 0.6) is 5.75 Å². The zero-order valence-corrected chi connectivity index (χ0v) is 25.8. The Morgan fingerprint density at radius 1 is 1.28 bits per heavy atom. The quantitative estimate of drug-likeness (QED) is 0.369. The molecule has 3 aliphatic heterocycles. The number of carbonyl (C=O) groups is 4. The second kappa shape index (κ2) is 12.2. The van der Waals surface area contributed by atoms with Gasteiger partial charge in [-0.05, 0) is 36.3 Å². The number of anilines is 1. The van der Waals surface area contributed by atoms with Gasteiger partial charge in [-0.3, -0.25) is 14.4 Å². The number of nitrogens with zero attached hydrogens (tertiary/aromatic N) is 4. The van der Waals surface area contributed by atoms with Crippen molar-refractivity contribution >= 4 is 29.6 Å². The number of amides is 4. The minimum Gasteiger partial charge on any atom is -0.472 e. The summed E-state index contributed by atoms with van der Waals surface area (Å²) in [5.41, 5.74) is -2.76. The molecule has 0 unspecified atom stereocenters. The highest BCUT2D eigenvalue weighted by atomic mass is 19.4. The lowest BCUT2D eigenvalue weighted by atomic mass is 9.70. The Hall–Kier alpha value is -4.60. The van der Waals surface area contributed by atoms with E-state index in [1.807, 2.05) is 6.07 Å². The summed E-state index contributed by atoms with van der Waals surface area (Å²) in [5.74, 6) is -1.80. The lowest BCUT2D eigenvalue weighted by molar-refractivity contribution is -0.161. The number of alkyl carbamates (subject to hydrolysis) is 1. The molecule has 0 aromatic carbocycles. The van der Waals surface area contributed by atoms with Gasteiger partial charge in [0.25, 0.3) is 5.91 Å².